The van der Waals surface area contributed by atoms with Gasteiger partial charge in [0.05, 0.1) is 12.6 Å². The summed E-state index contributed by atoms with van der Waals surface area (Å²) in [4.78, 5) is 39.3. The maximum absolute atomic E-state index is 12.5. The molecule has 0 aliphatic rings. The van der Waals surface area contributed by atoms with E-state index in [9.17, 15) is 14.4 Å². The Morgan fingerprint density at radius 3 is 1.45 bits per heavy atom. The Labute approximate surface area is 302 Å². The number of carbonyl (C=O) groups is 3. The minimum atomic E-state index is -0.367. The Balaban J connectivity index is 4.18. The molecule has 1 amide bonds. The van der Waals surface area contributed by atoms with Crippen LogP contribution in [-0.4, -0.2) is 62.6 Å². The number of rotatable bonds is 36. The average Bonchev–Trinajstić information content (AvgIpc) is 3.07. The molecule has 0 radical (unpaired) electrons. The smallest absolute Gasteiger partial charge is 0.305 e. The number of unbranched alkanes of at least 4 members (excludes halogenated alkanes) is 18. The van der Waals surface area contributed by atoms with Crippen molar-refractivity contribution < 1.29 is 23.9 Å². The second-order valence-electron chi connectivity index (χ2n) is 14.1. The molecule has 0 aromatic carbocycles. The molecule has 286 valence electrons. The maximum atomic E-state index is 12.5. The number of hydrogen-bond donors (Lipinski definition) is 1. The van der Waals surface area contributed by atoms with Gasteiger partial charge in [0, 0.05) is 25.7 Å². The molecule has 1 unspecified atom stereocenters. The van der Waals surface area contributed by atoms with Crippen LogP contribution < -0.4 is 5.32 Å². The molecule has 0 spiro atoms. The molecule has 7 heteroatoms. The van der Waals surface area contributed by atoms with E-state index in [4.69, 9.17) is 9.47 Å². The number of nitrogens with one attached hydrogen (secondary N) is 1. The zero-order chi connectivity index (χ0) is 36.0. The summed E-state index contributed by atoms with van der Waals surface area (Å²) in [6.07, 6.45) is 37.7. The van der Waals surface area contributed by atoms with Crippen LogP contribution in [0, 0.1) is 0 Å². The first-order valence-corrected chi connectivity index (χ1v) is 20.4. The van der Waals surface area contributed by atoms with Crippen molar-refractivity contribution in [1.29, 1.82) is 0 Å². The van der Waals surface area contributed by atoms with Gasteiger partial charge in [-0.2, -0.15) is 0 Å². The van der Waals surface area contributed by atoms with Crippen LogP contribution in [0.15, 0.2) is 24.3 Å². The first kappa shape index (κ1) is 46.9. The number of esters is 2. The molecule has 0 aromatic heterocycles. The molecule has 0 fully saturated rings. The lowest BCUT2D eigenvalue weighted by Gasteiger charge is -2.19. The van der Waals surface area contributed by atoms with Crippen molar-refractivity contribution in [2.24, 2.45) is 0 Å². The molecular weight excluding hydrogens is 612 g/mol. The number of nitrogens with zero attached hydrogens (tertiary/aromatic N) is 1. The molecule has 1 atom stereocenters. The third-order valence-corrected chi connectivity index (χ3v) is 8.83. The Hall–Kier alpha value is -2.15. The fourth-order valence-corrected chi connectivity index (χ4v) is 5.68. The third-order valence-electron chi connectivity index (χ3n) is 8.83. The summed E-state index contributed by atoms with van der Waals surface area (Å²) in [5, 5.41) is 3.00. The number of carbonyl (C=O) groups excluding carboxylic acids is 3. The van der Waals surface area contributed by atoms with Crippen molar-refractivity contribution >= 4 is 17.8 Å². The number of ether oxygens (including phenoxy) is 2. The number of amides is 1. The quantitative estimate of drug-likeness (QED) is 0.0400. The van der Waals surface area contributed by atoms with Crippen LogP contribution in [0.3, 0.4) is 0 Å². The Morgan fingerprint density at radius 1 is 0.551 bits per heavy atom. The molecule has 0 aromatic rings. The summed E-state index contributed by atoms with van der Waals surface area (Å²) >= 11 is 0. The van der Waals surface area contributed by atoms with Crippen LogP contribution in [0.1, 0.15) is 187 Å². The standard InChI is InChI=1S/C42H78N2O5/c1-5-7-9-11-13-15-17-19-21-23-25-27-29-33-41(46)48-37-35-39(43-40(45)32-31-36-44(3)4)38-49-42(47)34-30-28-26-24-22-20-18-16-14-12-10-8-6-2/h15-18,39H,5-14,19-38H2,1-4H3,(H,43,45)/b17-15-,18-16-. The van der Waals surface area contributed by atoms with Crippen molar-refractivity contribution in [3.8, 4) is 0 Å². The molecule has 0 aliphatic carbocycles. The van der Waals surface area contributed by atoms with E-state index in [-0.39, 0.29) is 37.1 Å². The van der Waals surface area contributed by atoms with Gasteiger partial charge in [0.25, 0.3) is 0 Å². The highest BCUT2D eigenvalue weighted by Gasteiger charge is 2.16. The van der Waals surface area contributed by atoms with Crippen molar-refractivity contribution in [2.75, 3.05) is 33.9 Å². The zero-order valence-electron chi connectivity index (χ0n) is 32.6. The van der Waals surface area contributed by atoms with E-state index in [0.29, 0.717) is 25.7 Å². The monoisotopic (exact) mass is 691 g/mol. The van der Waals surface area contributed by atoms with E-state index in [1.165, 1.54) is 89.9 Å². The van der Waals surface area contributed by atoms with Gasteiger partial charge in [-0.3, -0.25) is 14.4 Å². The van der Waals surface area contributed by atoms with Crippen molar-refractivity contribution in [3.63, 3.8) is 0 Å². The van der Waals surface area contributed by atoms with Crippen LogP contribution in [0.25, 0.3) is 0 Å². The average molecular weight is 691 g/mol. The van der Waals surface area contributed by atoms with Crippen LogP contribution in [0.2, 0.25) is 0 Å². The molecule has 0 saturated carbocycles. The Bertz CT molecular complexity index is 826. The molecular formula is C42H78N2O5. The maximum Gasteiger partial charge on any atom is 0.305 e. The van der Waals surface area contributed by atoms with E-state index in [1.807, 2.05) is 19.0 Å². The fraction of sp³-hybridized carbons (Fsp3) is 0.833. The SMILES string of the molecule is CCCCCC/C=C\CCCCCCCC(=O)OCCC(COC(=O)CCCCCCC/C=C\CCCCCC)NC(=O)CCCN(C)C. The van der Waals surface area contributed by atoms with Crippen LogP contribution >= 0.6 is 0 Å². The zero-order valence-corrected chi connectivity index (χ0v) is 32.6. The van der Waals surface area contributed by atoms with E-state index in [0.717, 1.165) is 64.3 Å². The highest BCUT2D eigenvalue weighted by Crippen LogP contribution is 2.12. The van der Waals surface area contributed by atoms with Gasteiger partial charge in [0.2, 0.25) is 5.91 Å². The first-order chi connectivity index (χ1) is 23.9. The molecule has 49 heavy (non-hydrogen) atoms. The lowest BCUT2D eigenvalue weighted by Crippen LogP contribution is -2.40. The summed E-state index contributed by atoms with van der Waals surface area (Å²) in [5.41, 5.74) is 0. The molecule has 0 bridgehead atoms. The van der Waals surface area contributed by atoms with Gasteiger partial charge in [-0.1, -0.05) is 115 Å². The van der Waals surface area contributed by atoms with Gasteiger partial charge >= 0.3 is 11.9 Å². The first-order valence-electron chi connectivity index (χ1n) is 20.4. The Morgan fingerprint density at radius 2 is 0.980 bits per heavy atom. The van der Waals surface area contributed by atoms with Crippen LogP contribution in [-0.2, 0) is 23.9 Å². The van der Waals surface area contributed by atoms with Crippen LogP contribution in [0.4, 0.5) is 0 Å². The van der Waals surface area contributed by atoms with E-state index in [1.54, 1.807) is 0 Å². The van der Waals surface area contributed by atoms with Crippen molar-refractivity contribution in [3.05, 3.63) is 24.3 Å². The van der Waals surface area contributed by atoms with Gasteiger partial charge in [-0.05, 0) is 91.3 Å². The second kappa shape index (κ2) is 37.1. The number of allylic oxidation sites excluding steroid dienone is 4. The summed E-state index contributed by atoms with van der Waals surface area (Å²) in [6.45, 7) is 5.63. The lowest BCUT2D eigenvalue weighted by atomic mass is 10.1. The summed E-state index contributed by atoms with van der Waals surface area (Å²) in [6, 6.07) is -0.367. The minimum Gasteiger partial charge on any atom is -0.466 e. The van der Waals surface area contributed by atoms with E-state index in [2.05, 4.69) is 43.5 Å². The predicted molar refractivity (Wildman–Crippen MR) is 207 cm³/mol. The van der Waals surface area contributed by atoms with Gasteiger partial charge in [-0.25, -0.2) is 0 Å². The molecule has 1 N–H and O–H groups in total. The topological polar surface area (TPSA) is 84.9 Å². The Kier molecular flexibility index (Phi) is 35.5. The van der Waals surface area contributed by atoms with Crippen molar-refractivity contribution in [1.82, 2.24) is 10.2 Å². The largest absolute Gasteiger partial charge is 0.466 e. The minimum absolute atomic E-state index is 0.0666. The highest BCUT2D eigenvalue weighted by molar-refractivity contribution is 5.76. The van der Waals surface area contributed by atoms with Crippen LogP contribution in [0.5, 0.6) is 0 Å². The lowest BCUT2D eigenvalue weighted by molar-refractivity contribution is -0.147. The van der Waals surface area contributed by atoms with Crippen molar-refractivity contribution in [2.45, 2.75) is 193 Å². The summed E-state index contributed by atoms with van der Waals surface area (Å²) in [7, 11) is 3.97. The van der Waals surface area contributed by atoms with Gasteiger partial charge in [-0.15, -0.1) is 0 Å². The third kappa shape index (κ3) is 36.9. The summed E-state index contributed by atoms with van der Waals surface area (Å²) < 4.78 is 11.0. The summed E-state index contributed by atoms with van der Waals surface area (Å²) in [5.74, 6) is -0.492. The fourth-order valence-electron chi connectivity index (χ4n) is 5.68. The van der Waals surface area contributed by atoms with Gasteiger partial charge in [0.1, 0.15) is 6.61 Å². The van der Waals surface area contributed by atoms with Gasteiger partial charge < -0.3 is 19.7 Å². The normalized spacial score (nSPS) is 12.3. The number of hydrogen-bond acceptors (Lipinski definition) is 6. The molecule has 0 saturated heterocycles. The molecule has 0 rings (SSSR count). The second-order valence-corrected chi connectivity index (χ2v) is 14.1. The molecule has 7 nitrogen and oxygen atoms in total. The predicted octanol–water partition coefficient (Wildman–Crippen LogP) is 10.8. The van der Waals surface area contributed by atoms with E-state index >= 15 is 0 Å². The van der Waals surface area contributed by atoms with Gasteiger partial charge in [0.15, 0.2) is 0 Å². The molecule has 0 aliphatic heterocycles. The molecule has 0 heterocycles. The highest BCUT2D eigenvalue weighted by atomic mass is 16.5. The van der Waals surface area contributed by atoms with E-state index < -0.39 is 0 Å².